The largest absolute Gasteiger partial charge is 0.457 e. The molecule has 0 spiro atoms. The summed E-state index contributed by atoms with van der Waals surface area (Å²) in [5.74, 6) is 1.48. The first-order valence-electron chi connectivity index (χ1n) is 6.46. The first-order chi connectivity index (χ1) is 9.24. The van der Waals surface area contributed by atoms with Crippen LogP contribution in [0.2, 0.25) is 0 Å². The van der Waals surface area contributed by atoms with Gasteiger partial charge in [-0.05, 0) is 30.2 Å². The van der Waals surface area contributed by atoms with Gasteiger partial charge >= 0.3 is 0 Å². The molecule has 0 amide bonds. The molecule has 0 aromatic heterocycles. The molecule has 0 aliphatic heterocycles. The van der Waals surface area contributed by atoms with E-state index >= 15 is 0 Å². The van der Waals surface area contributed by atoms with Crippen LogP contribution in [0.3, 0.4) is 0 Å². The molecule has 2 aromatic carbocycles. The maximum Gasteiger partial charge on any atom is 0.132 e. The van der Waals surface area contributed by atoms with Crippen molar-refractivity contribution in [3.8, 4) is 11.5 Å². The Morgan fingerprint density at radius 1 is 1.16 bits per heavy atom. The molecule has 2 aromatic rings. The van der Waals surface area contributed by atoms with Crippen molar-refractivity contribution in [2.24, 2.45) is 5.73 Å². The van der Waals surface area contributed by atoms with Crippen LogP contribution in [-0.4, -0.2) is 5.11 Å². The van der Waals surface area contributed by atoms with E-state index in [0.717, 1.165) is 23.3 Å². The third kappa shape index (κ3) is 3.34. The Hall–Kier alpha value is -1.84. The number of hydrogen-bond donors (Lipinski definition) is 2. The lowest BCUT2D eigenvalue weighted by Crippen LogP contribution is -2.09. The van der Waals surface area contributed by atoms with Gasteiger partial charge in [0.2, 0.25) is 0 Å². The molecule has 0 radical (unpaired) electrons. The van der Waals surface area contributed by atoms with Crippen LogP contribution in [0.1, 0.15) is 30.5 Å². The summed E-state index contributed by atoms with van der Waals surface area (Å²) in [6.45, 7) is 2.06. The van der Waals surface area contributed by atoms with E-state index < -0.39 is 0 Å². The van der Waals surface area contributed by atoms with Gasteiger partial charge in [0.25, 0.3) is 0 Å². The summed E-state index contributed by atoms with van der Waals surface area (Å²) in [5, 5.41) is 9.13. The average Bonchev–Trinajstić information content (AvgIpc) is 2.47. The molecule has 0 saturated heterocycles. The number of aliphatic hydroxyl groups is 1. The topological polar surface area (TPSA) is 55.5 Å². The molecular formula is C16H19NO2. The highest BCUT2D eigenvalue weighted by Crippen LogP contribution is 2.30. The van der Waals surface area contributed by atoms with E-state index in [1.807, 2.05) is 55.5 Å². The van der Waals surface area contributed by atoms with Crippen LogP contribution < -0.4 is 10.5 Å². The van der Waals surface area contributed by atoms with Crippen LogP contribution in [0.4, 0.5) is 0 Å². The number of rotatable bonds is 5. The van der Waals surface area contributed by atoms with Gasteiger partial charge in [-0.25, -0.2) is 0 Å². The van der Waals surface area contributed by atoms with Crippen molar-refractivity contribution in [2.45, 2.75) is 26.0 Å². The van der Waals surface area contributed by atoms with Crippen LogP contribution in [-0.2, 0) is 6.61 Å². The molecule has 0 aliphatic rings. The third-order valence-electron chi connectivity index (χ3n) is 3.07. The molecule has 1 unspecified atom stereocenters. The minimum Gasteiger partial charge on any atom is -0.457 e. The molecule has 1 atom stereocenters. The summed E-state index contributed by atoms with van der Waals surface area (Å²) >= 11 is 0. The second kappa shape index (κ2) is 6.36. The van der Waals surface area contributed by atoms with Crippen molar-refractivity contribution in [1.82, 2.24) is 0 Å². The fourth-order valence-electron chi connectivity index (χ4n) is 1.93. The van der Waals surface area contributed by atoms with Gasteiger partial charge in [-0.1, -0.05) is 37.3 Å². The van der Waals surface area contributed by atoms with Gasteiger partial charge in [-0.2, -0.15) is 0 Å². The van der Waals surface area contributed by atoms with Gasteiger partial charge < -0.3 is 15.6 Å². The van der Waals surface area contributed by atoms with E-state index in [4.69, 9.17) is 15.6 Å². The van der Waals surface area contributed by atoms with Crippen LogP contribution >= 0.6 is 0 Å². The van der Waals surface area contributed by atoms with E-state index in [2.05, 4.69) is 0 Å². The van der Waals surface area contributed by atoms with E-state index in [-0.39, 0.29) is 12.6 Å². The van der Waals surface area contributed by atoms with E-state index in [1.54, 1.807) is 0 Å². The summed E-state index contributed by atoms with van der Waals surface area (Å²) in [4.78, 5) is 0. The summed E-state index contributed by atoms with van der Waals surface area (Å²) in [5.41, 5.74) is 7.91. The van der Waals surface area contributed by atoms with Gasteiger partial charge in [0.1, 0.15) is 11.5 Å². The standard InChI is InChI=1S/C16H19NO2/c1-2-15(17)14-8-3-4-9-16(14)19-13-7-5-6-12(10-13)11-18/h3-10,15,18H,2,11,17H2,1H3. The lowest BCUT2D eigenvalue weighted by Gasteiger charge is -2.15. The predicted octanol–water partition coefficient (Wildman–Crippen LogP) is 3.38. The first kappa shape index (κ1) is 13.6. The minimum atomic E-state index is -0.0303. The Kier molecular flexibility index (Phi) is 4.55. The number of aliphatic hydroxyl groups excluding tert-OH is 1. The van der Waals surface area contributed by atoms with E-state index in [9.17, 15) is 0 Å². The number of nitrogens with two attached hydrogens (primary N) is 1. The Bertz CT molecular complexity index is 540. The second-order valence-electron chi connectivity index (χ2n) is 4.46. The maximum atomic E-state index is 9.13. The van der Waals surface area contributed by atoms with Gasteiger partial charge in [-0.15, -0.1) is 0 Å². The Morgan fingerprint density at radius 3 is 2.68 bits per heavy atom. The number of benzene rings is 2. The molecule has 0 fully saturated rings. The predicted molar refractivity (Wildman–Crippen MR) is 76.1 cm³/mol. The Balaban J connectivity index is 2.27. The van der Waals surface area contributed by atoms with Gasteiger partial charge in [0.05, 0.1) is 6.61 Å². The maximum absolute atomic E-state index is 9.13. The van der Waals surface area contributed by atoms with Gasteiger partial charge in [0, 0.05) is 11.6 Å². The lowest BCUT2D eigenvalue weighted by molar-refractivity contribution is 0.281. The van der Waals surface area contributed by atoms with Crippen molar-refractivity contribution in [2.75, 3.05) is 0 Å². The monoisotopic (exact) mass is 257 g/mol. The van der Waals surface area contributed by atoms with Gasteiger partial charge in [0.15, 0.2) is 0 Å². The molecule has 100 valence electrons. The van der Waals surface area contributed by atoms with Crippen LogP contribution in [0.5, 0.6) is 11.5 Å². The summed E-state index contributed by atoms with van der Waals surface area (Å²) in [6.07, 6.45) is 0.858. The normalized spacial score (nSPS) is 12.2. The summed E-state index contributed by atoms with van der Waals surface area (Å²) in [7, 11) is 0. The summed E-state index contributed by atoms with van der Waals surface area (Å²) < 4.78 is 5.88. The van der Waals surface area contributed by atoms with Crippen molar-refractivity contribution in [3.63, 3.8) is 0 Å². The lowest BCUT2D eigenvalue weighted by atomic mass is 10.0. The number of para-hydroxylation sites is 1. The third-order valence-corrected chi connectivity index (χ3v) is 3.07. The highest BCUT2D eigenvalue weighted by atomic mass is 16.5. The Labute approximate surface area is 113 Å². The molecule has 2 rings (SSSR count). The molecular weight excluding hydrogens is 238 g/mol. The average molecular weight is 257 g/mol. The molecule has 0 heterocycles. The SMILES string of the molecule is CCC(N)c1ccccc1Oc1cccc(CO)c1. The number of hydrogen-bond acceptors (Lipinski definition) is 3. The molecule has 0 aliphatic carbocycles. The summed E-state index contributed by atoms with van der Waals surface area (Å²) in [6, 6.07) is 15.2. The zero-order valence-electron chi connectivity index (χ0n) is 11.0. The molecule has 3 heteroatoms. The van der Waals surface area contributed by atoms with Crippen LogP contribution in [0.25, 0.3) is 0 Å². The highest BCUT2D eigenvalue weighted by Gasteiger charge is 2.10. The smallest absolute Gasteiger partial charge is 0.132 e. The Morgan fingerprint density at radius 2 is 1.95 bits per heavy atom. The van der Waals surface area contributed by atoms with Crippen molar-refractivity contribution in [1.29, 1.82) is 0 Å². The minimum absolute atomic E-state index is 0.00726. The second-order valence-corrected chi connectivity index (χ2v) is 4.46. The number of ether oxygens (including phenoxy) is 1. The van der Waals surface area contributed by atoms with Crippen molar-refractivity contribution >= 4 is 0 Å². The van der Waals surface area contributed by atoms with Crippen molar-refractivity contribution < 1.29 is 9.84 Å². The quantitative estimate of drug-likeness (QED) is 0.863. The molecule has 3 N–H and O–H groups in total. The molecule has 3 nitrogen and oxygen atoms in total. The van der Waals surface area contributed by atoms with Gasteiger partial charge in [-0.3, -0.25) is 0 Å². The fraction of sp³-hybridized carbons (Fsp3) is 0.250. The molecule has 0 bridgehead atoms. The highest BCUT2D eigenvalue weighted by molar-refractivity contribution is 5.40. The molecule has 19 heavy (non-hydrogen) atoms. The van der Waals surface area contributed by atoms with Crippen LogP contribution in [0.15, 0.2) is 48.5 Å². The van der Waals surface area contributed by atoms with E-state index in [0.29, 0.717) is 5.75 Å². The zero-order valence-corrected chi connectivity index (χ0v) is 11.0. The van der Waals surface area contributed by atoms with Crippen molar-refractivity contribution in [3.05, 3.63) is 59.7 Å². The molecule has 0 saturated carbocycles. The first-order valence-corrected chi connectivity index (χ1v) is 6.46. The van der Waals surface area contributed by atoms with E-state index in [1.165, 1.54) is 0 Å². The fourth-order valence-corrected chi connectivity index (χ4v) is 1.93. The van der Waals surface area contributed by atoms with Crippen LogP contribution in [0, 0.1) is 0 Å². The zero-order chi connectivity index (χ0) is 13.7.